The number of hydrogen-bond acceptors (Lipinski definition) is 5. The molecule has 0 unspecified atom stereocenters. The average molecular weight is 747 g/mol. The summed E-state index contributed by atoms with van der Waals surface area (Å²) in [6.07, 6.45) is 0. The van der Waals surface area contributed by atoms with Gasteiger partial charge in [-0.25, -0.2) is 15.0 Å². The zero-order chi connectivity index (χ0) is 37.5. The molecule has 12 rings (SSSR count). The van der Waals surface area contributed by atoms with E-state index in [1.165, 1.54) is 42.0 Å². The van der Waals surface area contributed by atoms with Crippen LogP contribution in [-0.2, 0) is 0 Å². The summed E-state index contributed by atoms with van der Waals surface area (Å²) >= 11 is 1.81. The van der Waals surface area contributed by atoms with E-state index in [0.717, 1.165) is 55.4 Å². The van der Waals surface area contributed by atoms with Gasteiger partial charge in [0.1, 0.15) is 11.2 Å². The van der Waals surface area contributed by atoms with Crippen LogP contribution < -0.4 is 0 Å². The summed E-state index contributed by atoms with van der Waals surface area (Å²) < 4.78 is 11.5. The van der Waals surface area contributed by atoms with E-state index >= 15 is 0 Å². The minimum Gasteiger partial charge on any atom is -0.456 e. The first kappa shape index (κ1) is 31.9. The van der Waals surface area contributed by atoms with Crippen molar-refractivity contribution in [1.29, 1.82) is 0 Å². The monoisotopic (exact) mass is 746 g/mol. The van der Waals surface area contributed by atoms with Gasteiger partial charge in [0.05, 0.1) is 22.1 Å². The predicted octanol–water partition coefficient (Wildman–Crippen LogP) is 13.9. The maximum atomic E-state index is 6.64. The summed E-state index contributed by atoms with van der Waals surface area (Å²) in [5.74, 6) is 1.95. The summed E-state index contributed by atoms with van der Waals surface area (Å²) in [6, 6.07) is 63.8. The highest BCUT2D eigenvalue weighted by atomic mass is 32.1. The summed E-state index contributed by atoms with van der Waals surface area (Å²) in [7, 11) is 0. The number of thiophene rings is 1. The van der Waals surface area contributed by atoms with Crippen LogP contribution in [0.25, 0.3) is 115 Å². The molecule has 0 aliphatic carbocycles. The Kier molecular flexibility index (Phi) is 7.03. The van der Waals surface area contributed by atoms with Crippen LogP contribution >= 0.6 is 11.3 Å². The molecule has 5 nitrogen and oxygen atoms in total. The van der Waals surface area contributed by atoms with Gasteiger partial charge in [0.2, 0.25) is 0 Å². The molecule has 0 aliphatic rings. The molecule has 0 spiro atoms. The standard InChI is InChI=1S/C51H30N4OS/c1-3-13-31(14-4-1)49-52-50(32-15-5-2-6-16-32)54-51(53-49)34-26-28-46-39(30-34)38-29-33(25-27-45(38)57-46)35-19-11-23-43-47(35)48-42(22-12-24-44(48)56-43)55-40-20-9-7-17-36(40)37-18-8-10-21-41(37)55/h1-30H. The van der Waals surface area contributed by atoms with Crippen molar-refractivity contribution in [2.45, 2.75) is 0 Å². The molecule has 12 aromatic rings. The third kappa shape index (κ3) is 5.04. The second kappa shape index (κ2) is 12.6. The van der Waals surface area contributed by atoms with Crippen LogP contribution in [0.3, 0.4) is 0 Å². The lowest BCUT2D eigenvalue weighted by atomic mass is 9.97. The molecular weight excluding hydrogens is 717 g/mol. The molecule has 0 N–H and O–H groups in total. The number of rotatable bonds is 5. The summed E-state index contributed by atoms with van der Waals surface area (Å²) in [6.45, 7) is 0. The van der Waals surface area contributed by atoms with E-state index < -0.39 is 0 Å². The Morgan fingerprint density at radius 2 is 0.895 bits per heavy atom. The Balaban J connectivity index is 1.05. The quantitative estimate of drug-likeness (QED) is 0.176. The number of para-hydroxylation sites is 2. The molecule has 0 atom stereocenters. The Hall–Kier alpha value is -7.41. The van der Waals surface area contributed by atoms with Crippen LogP contribution in [0.15, 0.2) is 186 Å². The molecule has 57 heavy (non-hydrogen) atoms. The molecule has 8 aromatic carbocycles. The molecule has 6 heteroatoms. The van der Waals surface area contributed by atoms with Gasteiger partial charge in [0.15, 0.2) is 17.5 Å². The lowest BCUT2D eigenvalue weighted by Gasteiger charge is -2.11. The van der Waals surface area contributed by atoms with Gasteiger partial charge >= 0.3 is 0 Å². The van der Waals surface area contributed by atoms with E-state index in [2.05, 4.69) is 126 Å². The molecule has 0 aliphatic heterocycles. The fraction of sp³-hybridized carbons (Fsp3) is 0. The number of furan rings is 1. The van der Waals surface area contributed by atoms with Crippen LogP contribution in [0.4, 0.5) is 0 Å². The number of nitrogens with zero attached hydrogens (tertiary/aromatic N) is 4. The van der Waals surface area contributed by atoms with Crippen molar-refractivity contribution < 1.29 is 4.42 Å². The first-order chi connectivity index (χ1) is 28.2. The SMILES string of the molecule is c1ccc(-c2nc(-c3ccccc3)nc(-c3ccc4sc5ccc(-c6cccc7oc8cccc(-n9c%10ccccc%10c%10ccccc%109)c8c67)cc5c4c3)n2)cc1. The zero-order valence-corrected chi connectivity index (χ0v) is 31.2. The Morgan fingerprint density at radius 3 is 1.53 bits per heavy atom. The number of hydrogen-bond donors (Lipinski definition) is 0. The molecular formula is C51H30N4OS. The van der Waals surface area contributed by atoms with E-state index in [4.69, 9.17) is 19.4 Å². The number of fused-ring (bicyclic) bond motifs is 9. The summed E-state index contributed by atoms with van der Waals surface area (Å²) in [5, 5.41) is 7.05. The van der Waals surface area contributed by atoms with Crippen LogP contribution in [0, 0.1) is 0 Å². The fourth-order valence-electron chi connectivity index (χ4n) is 8.48. The molecule has 0 fully saturated rings. The Labute approximate surface area is 330 Å². The summed E-state index contributed by atoms with van der Waals surface area (Å²) in [4.78, 5) is 15.0. The number of benzene rings is 8. The third-order valence-electron chi connectivity index (χ3n) is 11.1. The van der Waals surface area contributed by atoms with Gasteiger partial charge in [-0.15, -0.1) is 11.3 Å². The fourth-order valence-corrected chi connectivity index (χ4v) is 9.55. The smallest absolute Gasteiger partial charge is 0.164 e. The molecule has 0 amide bonds. The second-order valence-electron chi connectivity index (χ2n) is 14.4. The van der Waals surface area contributed by atoms with Crippen molar-refractivity contribution in [3.8, 4) is 51.0 Å². The molecule has 0 saturated carbocycles. The van der Waals surface area contributed by atoms with E-state index in [1.54, 1.807) is 11.3 Å². The lowest BCUT2D eigenvalue weighted by molar-refractivity contribution is 0.669. The highest BCUT2D eigenvalue weighted by Crippen LogP contribution is 2.44. The molecule has 0 bridgehead atoms. The Bertz CT molecular complexity index is 3420. The van der Waals surface area contributed by atoms with Gasteiger partial charge in [-0.3, -0.25) is 0 Å². The minimum absolute atomic E-state index is 0.646. The van der Waals surface area contributed by atoms with Gasteiger partial charge in [0.25, 0.3) is 0 Å². The largest absolute Gasteiger partial charge is 0.456 e. The van der Waals surface area contributed by atoms with Gasteiger partial charge in [-0.2, -0.15) is 0 Å². The predicted molar refractivity (Wildman–Crippen MR) is 236 cm³/mol. The van der Waals surface area contributed by atoms with Gasteiger partial charge < -0.3 is 8.98 Å². The molecule has 0 saturated heterocycles. The highest BCUT2D eigenvalue weighted by molar-refractivity contribution is 7.25. The topological polar surface area (TPSA) is 56.7 Å². The maximum Gasteiger partial charge on any atom is 0.164 e. The van der Waals surface area contributed by atoms with Crippen LogP contribution in [0.2, 0.25) is 0 Å². The van der Waals surface area contributed by atoms with Crippen molar-refractivity contribution >= 4 is 75.3 Å². The average Bonchev–Trinajstić information content (AvgIpc) is 3.96. The molecule has 0 radical (unpaired) electrons. The Morgan fingerprint density at radius 1 is 0.386 bits per heavy atom. The lowest BCUT2D eigenvalue weighted by Crippen LogP contribution is -2.00. The van der Waals surface area contributed by atoms with E-state index in [0.29, 0.717) is 17.5 Å². The normalized spacial score (nSPS) is 11.9. The first-order valence-corrected chi connectivity index (χ1v) is 19.8. The second-order valence-corrected chi connectivity index (χ2v) is 15.4. The van der Waals surface area contributed by atoms with Crippen molar-refractivity contribution in [2.75, 3.05) is 0 Å². The van der Waals surface area contributed by atoms with Gasteiger partial charge in [0, 0.05) is 53.0 Å². The number of aromatic nitrogens is 4. The van der Waals surface area contributed by atoms with Crippen molar-refractivity contribution in [3.63, 3.8) is 0 Å². The maximum absolute atomic E-state index is 6.64. The minimum atomic E-state index is 0.646. The highest BCUT2D eigenvalue weighted by Gasteiger charge is 2.21. The van der Waals surface area contributed by atoms with Crippen LogP contribution in [0.5, 0.6) is 0 Å². The van der Waals surface area contributed by atoms with Gasteiger partial charge in [-0.05, 0) is 71.8 Å². The molecule has 4 aromatic heterocycles. The van der Waals surface area contributed by atoms with Crippen molar-refractivity contribution in [3.05, 3.63) is 182 Å². The van der Waals surface area contributed by atoms with E-state index in [-0.39, 0.29) is 0 Å². The van der Waals surface area contributed by atoms with Crippen LogP contribution in [-0.4, -0.2) is 19.5 Å². The third-order valence-corrected chi connectivity index (χ3v) is 12.2. The van der Waals surface area contributed by atoms with Crippen molar-refractivity contribution in [2.24, 2.45) is 0 Å². The first-order valence-electron chi connectivity index (χ1n) is 19.0. The summed E-state index contributed by atoms with van der Waals surface area (Å²) in [5.41, 5.74) is 10.3. The van der Waals surface area contributed by atoms with E-state index in [1.807, 2.05) is 60.7 Å². The van der Waals surface area contributed by atoms with Crippen molar-refractivity contribution in [1.82, 2.24) is 19.5 Å². The van der Waals surface area contributed by atoms with E-state index in [9.17, 15) is 0 Å². The molecule has 266 valence electrons. The van der Waals surface area contributed by atoms with Gasteiger partial charge in [-0.1, -0.05) is 121 Å². The van der Waals surface area contributed by atoms with Crippen LogP contribution in [0.1, 0.15) is 0 Å². The molecule has 4 heterocycles. The zero-order valence-electron chi connectivity index (χ0n) is 30.4.